The van der Waals surface area contributed by atoms with Crippen LogP contribution >= 0.6 is 0 Å². The van der Waals surface area contributed by atoms with Gasteiger partial charge in [-0.2, -0.15) is 0 Å². The van der Waals surface area contributed by atoms with Crippen molar-refractivity contribution in [2.75, 3.05) is 0 Å². The molecule has 5 nitrogen and oxygen atoms in total. The molecule has 0 saturated carbocycles. The van der Waals surface area contributed by atoms with E-state index in [1.807, 2.05) is 69.3 Å². The summed E-state index contributed by atoms with van der Waals surface area (Å²) in [6, 6.07) is 14.0. The summed E-state index contributed by atoms with van der Waals surface area (Å²) in [7, 11) is 0. The van der Waals surface area contributed by atoms with Crippen LogP contribution in [0.25, 0.3) is 11.1 Å². The molecular weight excluding hydrogens is 342 g/mol. The summed E-state index contributed by atoms with van der Waals surface area (Å²) in [5.41, 5.74) is 4.09. The van der Waals surface area contributed by atoms with Gasteiger partial charge in [0, 0.05) is 0 Å². The number of rotatable bonds is 9. The zero-order valence-electron chi connectivity index (χ0n) is 16.0. The predicted octanol–water partition coefficient (Wildman–Crippen LogP) is 3.75. The van der Waals surface area contributed by atoms with E-state index >= 15 is 0 Å². The maximum absolute atomic E-state index is 11.7. The second-order valence-corrected chi connectivity index (χ2v) is 7.35. The van der Waals surface area contributed by atoms with Crippen molar-refractivity contribution in [2.24, 2.45) is 5.92 Å². The summed E-state index contributed by atoms with van der Waals surface area (Å²) in [5, 5.41) is 21.7. The molecule has 2 aromatic rings. The number of carboxylic acid groups (broad SMARTS) is 2. The molecule has 2 rings (SSSR count). The van der Waals surface area contributed by atoms with Gasteiger partial charge >= 0.3 is 11.9 Å². The highest BCUT2D eigenvalue weighted by molar-refractivity contribution is 5.78. The SMILES string of the molecule is Cc1ccc(-c2cccc(C[C@H](N[C@@H](CC(C)C)C(=O)O)C(=O)O)c2)cc1. The summed E-state index contributed by atoms with van der Waals surface area (Å²) >= 11 is 0. The van der Waals surface area contributed by atoms with Crippen LogP contribution in [0.5, 0.6) is 0 Å². The van der Waals surface area contributed by atoms with E-state index in [4.69, 9.17) is 0 Å². The molecule has 5 heteroatoms. The van der Waals surface area contributed by atoms with E-state index in [-0.39, 0.29) is 12.3 Å². The Bertz CT molecular complexity index is 783. The van der Waals surface area contributed by atoms with Crippen molar-refractivity contribution in [3.8, 4) is 11.1 Å². The number of hydrogen-bond donors (Lipinski definition) is 3. The van der Waals surface area contributed by atoms with Crippen molar-refractivity contribution in [3.63, 3.8) is 0 Å². The monoisotopic (exact) mass is 369 g/mol. The van der Waals surface area contributed by atoms with E-state index in [0.717, 1.165) is 16.7 Å². The molecule has 0 aliphatic rings. The number of aliphatic carboxylic acids is 2. The molecule has 0 saturated heterocycles. The van der Waals surface area contributed by atoms with Crippen LogP contribution in [0.15, 0.2) is 48.5 Å². The fourth-order valence-corrected chi connectivity index (χ4v) is 3.03. The van der Waals surface area contributed by atoms with Crippen molar-refractivity contribution in [1.29, 1.82) is 0 Å². The Morgan fingerprint density at radius 2 is 1.56 bits per heavy atom. The van der Waals surface area contributed by atoms with Crippen LogP contribution < -0.4 is 5.32 Å². The van der Waals surface area contributed by atoms with Crippen molar-refractivity contribution in [3.05, 3.63) is 59.7 Å². The molecule has 0 amide bonds. The molecule has 2 aromatic carbocycles. The van der Waals surface area contributed by atoms with Gasteiger partial charge in [-0.25, -0.2) is 0 Å². The van der Waals surface area contributed by atoms with Crippen molar-refractivity contribution >= 4 is 11.9 Å². The van der Waals surface area contributed by atoms with Crippen LogP contribution in [0.3, 0.4) is 0 Å². The van der Waals surface area contributed by atoms with Gasteiger partial charge in [-0.1, -0.05) is 67.9 Å². The van der Waals surface area contributed by atoms with Gasteiger partial charge in [0.25, 0.3) is 0 Å². The summed E-state index contributed by atoms with van der Waals surface area (Å²) in [6.07, 6.45) is 0.597. The smallest absolute Gasteiger partial charge is 0.321 e. The molecule has 0 fully saturated rings. The van der Waals surface area contributed by atoms with Gasteiger partial charge in [0.2, 0.25) is 0 Å². The lowest BCUT2D eigenvalue weighted by Gasteiger charge is -2.22. The zero-order chi connectivity index (χ0) is 20.0. The lowest BCUT2D eigenvalue weighted by molar-refractivity contribution is -0.142. The molecule has 0 aromatic heterocycles. The molecule has 0 heterocycles. The van der Waals surface area contributed by atoms with Crippen LogP contribution in [-0.4, -0.2) is 34.2 Å². The van der Waals surface area contributed by atoms with Gasteiger partial charge in [0.15, 0.2) is 0 Å². The quantitative estimate of drug-likeness (QED) is 0.627. The average Bonchev–Trinajstić information content (AvgIpc) is 2.60. The highest BCUT2D eigenvalue weighted by atomic mass is 16.4. The first-order chi connectivity index (χ1) is 12.8. The van der Waals surface area contributed by atoms with E-state index < -0.39 is 24.0 Å². The topological polar surface area (TPSA) is 86.6 Å². The third-order valence-corrected chi connectivity index (χ3v) is 4.46. The van der Waals surface area contributed by atoms with E-state index in [1.54, 1.807) is 0 Å². The van der Waals surface area contributed by atoms with Crippen LogP contribution in [0.1, 0.15) is 31.4 Å². The van der Waals surface area contributed by atoms with Crippen LogP contribution in [0, 0.1) is 12.8 Å². The maximum Gasteiger partial charge on any atom is 0.321 e. The molecular formula is C22H27NO4. The minimum atomic E-state index is -1.05. The number of carboxylic acids is 2. The van der Waals surface area contributed by atoms with Crippen molar-refractivity contribution < 1.29 is 19.8 Å². The molecule has 2 atom stereocenters. The first-order valence-electron chi connectivity index (χ1n) is 9.14. The summed E-state index contributed by atoms with van der Waals surface area (Å²) in [4.78, 5) is 23.1. The lowest BCUT2D eigenvalue weighted by Crippen LogP contribution is -2.48. The fourth-order valence-electron chi connectivity index (χ4n) is 3.03. The van der Waals surface area contributed by atoms with E-state index in [9.17, 15) is 19.8 Å². The van der Waals surface area contributed by atoms with Crippen molar-refractivity contribution in [1.82, 2.24) is 5.32 Å². The first-order valence-corrected chi connectivity index (χ1v) is 9.14. The summed E-state index contributed by atoms with van der Waals surface area (Å²) in [5.74, 6) is -1.92. The number of carbonyl (C=O) groups is 2. The average molecular weight is 369 g/mol. The van der Waals surface area contributed by atoms with Crippen molar-refractivity contribution in [2.45, 2.75) is 45.7 Å². The Labute approximate surface area is 160 Å². The standard InChI is InChI=1S/C22H27NO4/c1-14(2)11-19(21(24)25)23-20(22(26)27)13-16-5-4-6-18(12-16)17-9-7-15(3)8-10-17/h4-10,12,14,19-20,23H,11,13H2,1-3H3,(H,24,25)(H,26,27)/t19-,20-/m0/s1. The maximum atomic E-state index is 11.7. The number of aryl methyl sites for hydroxylation is 1. The Kier molecular flexibility index (Phi) is 7.13. The molecule has 0 spiro atoms. The van der Waals surface area contributed by atoms with Gasteiger partial charge in [0.1, 0.15) is 12.1 Å². The van der Waals surface area contributed by atoms with E-state index in [2.05, 4.69) is 5.32 Å². The summed E-state index contributed by atoms with van der Waals surface area (Å²) < 4.78 is 0. The minimum absolute atomic E-state index is 0.151. The molecule has 0 bridgehead atoms. The predicted molar refractivity (Wildman–Crippen MR) is 106 cm³/mol. The highest BCUT2D eigenvalue weighted by Gasteiger charge is 2.26. The molecule has 3 N–H and O–H groups in total. The van der Waals surface area contributed by atoms with E-state index in [1.165, 1.54) is 5.56 Å². The first kappa shape index (κ1) is 20.6. The highest BCUT2D eigenvalue weighted by Crippen LogP contribution is 2.22. The molecule has 0 unspecified atom stereocenters. The zero-order valence-corrected chi connectivity index (χ0v) is 16.0. The normalized spacial score (nSPS) is 13.3. The Balaban J connectivity index is 2.18. The molecule has 27 heavy (non-hydrogen) atoms. The molecule has 0 radical (unpaired) electrons. The number of hydrogen-bond acceptors (Lipinski definition) is 3. The second-order valence-electron chi connectivity index (χ2n) is 7.35. The Morgan fingerprint density at radius 1 is 0.926 bits per heavy atom. The third-order valence-electron chi connectivity index (χ3n) is 4.46. The summed E-state index contributed by atoms with van der Waals surface area (Å²) in [6.45, 7) is 5.86. The minimum Gasteiger partial charge on any atom is -0.480 e. The number of benzene rings is 2. The van der Waals surface area contributed by atoms with Crippen LogP contribution in [-0.2, 0) is 16.0 Å². The fraction of sp³-hybridized carbons (Fsp3) is 0.364. The molecule has 144 valence electrons. The second kappa shape index (κ2) is 9.33. The number of nitrogens with one attached hydrogen (secondary N) is 1. The Hall–Kier alpha value is -2.66. The van der Waals surface area contributed by atoms with Crippen LogP contribution in [0.2, 0.25) is 0 Å². The van der Waals surface area contributed by atoms with E-state index in [0.29, 0.717) is 6.42 Å². The Morgan fingerprint density at radius 3 is 2.11 bits per heavy atom. The van der Waals surface area contributed by atoms with Gasteiger partial charge in [0.05, 0.1) is 0 Å². The lowest BCUT2D eigenvalue weighted by atomic mass is 9.97. The van der Waals surface area contributed by atoms with Gasteiger partial charge < -0.3 is 10.2 Å². The largest absolute Gasteiger partial charge is 0.480 e. The van der Waals surface area contributed by atoms with Crippen LogP contribution in [0.4, 0.5) is 0 Å². The third kappa shape index (κ3) is 6.22. The van der Waals surface area contributed by atoms with Gasteiger partial charge in [-0.15, -0.1) is 0 Å². The molecule has 0 aliphatic heterocycles. The van der Waals surface area contributed by atoms with Gasteiger partial charge in [-0.05, 0) is 42.4 Å². The van der Waals surface area contributed by atoms with Gasteiger partial charge in [-0.3, -0.25) is 14.9 Å². The molecule has 0 aliphatic carbocycles.